The van der Waals surface area contributed by atoms with E-state index < -0.39 is 5.97 Å². The fraction of sp³-hybridized carbons (Fsp3) is 0.414. The van der Waals surface area contributed by atoms with Crippen molar-refractivity contribution < 1.29 is 23.8 Å². The molecule has 1 atom stereocenters. The maximum atomic E-state index is 14.8. The lowest BCUT2D eigenvalue weighted by Gasteiger charge is -2.21. The van der Waals surface area contributed by atoms with E-state index in [4.69, 9.17) is 9.47 Å². The molecule has 3 aromatic rings. The number of hydrogen-bond acceptors (Lipinski definition) is 5. The summed E-state index contributed by atoms with van der Waals surface area (Å²) in [6, 6.07) is 10.4. The molecule has 6 nitrogen and oxygen atoms in total. The Bertz CT molecular complexity index is 1230. The van der Waals surface area contributed by atoms with E-state index in [1.165, 1.54) is 6.07 Å². The highest BCUT2D eigenvalue weighted by Crippen LogP contribution is 2.45. The van der Waals surface area contributed by atoms with Crippen LogP contribution in [0.2, 0.25) is 0 Å². The molecule has 2 heterocycles. The largest absolute Gasteiger partial charge is 0.497 e. The van der Waals surface area contributed by atoms with Gasteiger partial charge in [0.05, 0.1) is 19.2 Å². The molecule has 0 radical (unpaired) electrons. The van der Waals surface area contributed by atoms with Crippen molar-refractivity contribution in [2.45, 2.75) is 59.0 Å². The zero-order valence-corrected chi connectivity index (χ0v) is 21.3. The standard InChI is InChI=1S/C29H33FN2O4/c1-29(2,3)15-21-11-18(16-32-28(21)24-13-22(35-4)7-8-25(24)30)17-36-26-12-20(9-10-31-26)23(14-27(33)34)19-5-6-19/h7-13,16,19,23H,5-6,14-15,17H2,1-4H3,(H,33,34). The van der Waals surface area contributed by atoms with Crippen molar-refractivity contribution in [1.29, 1.82) is 0 Å². The molecule has 1 saturated carbocycles. The number of methoxy groups -OCH3 is 1. The summed E-state index contributed by atoms with van der Waals surface area (Å²) in [7, 11) is 1.55. The average Bonchev–Trinajstić information content (AvgIpc) is 3.66. The smallest absolute Gasteiger partial charge is 0.303 e. The van der Waals surface area contributed by atoms with Gasteiger partial charge in [-0.3, -0.25) is 9.78 Å². The van der Waals surface area contributed by atoms with Crippen molar-refractivity contribution in [3.8, 4) is 22.9 Å². The quantitative estimate of drug-likeness (QED) is 0.351. The summed E-state index contributed by atoms with van der Waals surface area (Å²) in [5.41, 5.74) is 3.67. The van der Waals surface area contributed by atoms with E-state index >= 15 is 0 Å². The number of rotatable bonds is 10. The molecule has 0 saturated heterocycles. The monoisotopic (exact) mass is 492 g/mol. The molecule has 0 aliphatic heterocycles. The highest BCUT2D eigenvalue weighted by Gasteiger charge is 2.34. The number of aliphatic carboxylic acids is 1. The van der Waals surface area contributed by atoms with Crippen molar-refractivity contribution in [3.05, 3.63) is 71.3 Å². The number of aromatic nitrogens is 2. The van der Waals surface area contributed by atoms with E-state index in [9.17, 15) is 14.3 Å². The Morgan fingerprint density at radius 1 is 1.17 bits per heavy atom. The van der Waals surface area contributed by atoms with Gasteiger partial charge in [0.2, 0.25) is 5.88 Å². The van der Waals surface area contributed by atoms with E-state index in [1.54, 1.807) is 31.6 Å². The van der Waals surface area contributed by atoms with E-state index in [0.29, 0.717) is 35.2 Å². The van der Waals surface area contributed by atoms with E-state index in [2.05, 4.69) is 30.7 Å². The molecule has 1 unspecified atom stereocenters. The molecule has 0 amide bonds. The molecule has 1 N–H and O–H groups in total. The highest BCUT2D eigenvalue weighted by atomic mass is 19.1. The number of pyridine rings is 2. The highest BCUT2D eigenvalue weighted by molar-refractivity contribution is 5.68. The Morgan fingerprint density at radius 3 is 2.61 bits per heavy atom. The molecule has 1 fully saturated rings. The normalized spacial score (nSPS) is 14.4. The van der Waals surface area contributed by atoms with Gasteiger partial charge in [0, 0.05) is 29.6 Å². The molecule has 190 valence electrons. The minimum atomic E-state index is -0.795. The number of nitrogens with zero attached hydrogens (tertiary/aromatic N) is 2. The number of carboxylic acids is 1. The van der Waals surface area contributed by atoms with Crippen LogP contribution in [-0.2, 0) is 17.8 Å². The van der Waals surface area contributed by atoms with Crippen LogP contribution in [0.15, 0.2) is 48.8 Å². The number of hydrogen-bond donors (Lipinski definition) is 1. The van der Waals surface area contributed by atoms with Gasteiger partial charge in [-0.15, -0.1) is 0 Å². The Morgan fingerprint density at radius 2 is 1.94 bits per heavy atom. The predicted octanol–water partition coefficient (Wildman–Crippen LogP) is 6.43. The first kappa shape index (κ1) is 25.6. The van der Waals surface area contributed by atoms with Gasteiger partial charge in [-0.2, -0.15) is 0 Å². The summed E-state index contributed by atoms with van der Waals surface area (Å²) in [5.74, 6) is 0.255. The number of halogens is 1. The van der Waals surface area contributed by atoms with Gasteiger partial charge in [-0.1, -0.05) is 20.8 Å². The summed E-state index contributed by atoms with van der Waals surface area (Å²) in [4.78, 5) is 20.3. The second kappa shape index (κ2) is 10.6. The third-order valence-corrected chi connectivity index (χ3v) is 6.33. The van der Waals surface area contributed by atoms with Crippen LogP contribution < -0.4 is 9.47 Å². The van der Waals surface area contributed by atoms with Crippen molar-refractivity contribution in [1.82, 2.24) is 9.97 Å². The number of carbonyl (C=O) groups is 1. The lowest BCUT2D eigenvalue weighted by molar-refractivity contribution is -0.137. The fourth-order valence-corrected chi connectivity index (χ4v) is 4.54. The van der Waals surface area contributed by atoms with Crippen LogP contribution in [-0.4, -0.2) is 28.2 Å². The van der Waals surface area contributed by atoms with Crippen molar-refractivity contribution >= 4 is 5.97 Å². The zero-order valence-electron chi connectivity index (χ0n) is 21.3. The van der Waals surface area contributed by atoms with Crippen LogP contribution >= 0.6 is 0 Å². The van der Waals surface area contributed by atoms with Gasteiger partial charge in [0.15, 0.2) is 0 Å². The number of ether oxygens (including phenoxy) is 2. The Balaban J connectivity index is 1.57. The molecule has 1 aliphatic carbocycles. The van der Waals surface area contributed by atoms with Gasteiger partial charge >= 0.3 is 5.97 Å². The topological polar surface area (TPSA) is 81.5 Å². The predicted molar refractivity (Wildman–Crippen MR) is 136 cm³/mol. The summed E-state index contributed by atoms with van der Waals surface area (Å²) < 4.78 is 26.0. The Labute approximate surface area is 211 Å². The molecule has 2 aromatic heterocycles. The summed E-state index contributed by atoms with van der Waals surface area (Å²) in [6.45, 7) is 6.63. The maximum Gasteiger partial charge on any atom is 0.303 e. The molecule has 36 heavy (non-hydrogen) atoms. The second-order valence-electron chi connectivity index (χ2n) is 10.7. The lowest BCUT2D eigenvalue weighted by atomic mass is 9.86. The minimum absolute atomic E-state index is 0.0232. The molecular weight excluding hydrogens is 459 g/mol. The molecule has 7 heteroatoms. The zero-order chi connectivity index (χ0) is 25.9. The molecule has 0 spiro atoms. The molecule has 1 aromatic carbocycles. The number of benzene rings is 1. The Kier molecular flexibility index (Phi) is 7.57. The van der Waals surface area contributed by atoms with E-state index in [0.717, 1.165) is 29.5 Å². The van der Waals surface area contributed by atoms with Gasteiger partial charge in [0.25, 0.3) is 0 Å². The molecular formula is C29H33FN2O4. The summed E-state index contributed by atoms with van der Waals surface area (Å²) in [6.07, 6.45) is 6.28. The van der Waals surface area contributed by atoms with Crippen LogP contribution in [0.3, 0.4) is 0 Å². The Hall–Kier alpha value is -3.48. The summed E-state index contributed by atoms with van der Waals surface area (Å²) in [5, 5.41) is 9.32. The molecule has 1 aliphatic rings. The number of carboxylic acid groups (broad SMARTS) is 1. The summed E-state index contributed by atoms with van der Waals surface area (Å²) >= 11 is 0. The first-order valence-corrected chi connectivity index (χ1v) is 12.2. The van der Waals surface area contributed by atoms with Gasteiger partial charge in [0.1, 0.15) is 18.2 Å². The van der Waals surface area contributed by atoms with Crippen molar-refractivity contribution in [2.24, 2.45) is 11.3 Å². The molecule has 4 rings (SSSR count). The van der Waals surface area contributed by atoms with Gasteiger partial charge in [-0.05, 0) is 78.0 Å². The maximum absolute atomic E-state index is 14.8. The van der Waals surface area contributed by atoms with Crippen LogP contribution in [0.25, 0.3) is 11.3 Å². The van der Waals surface area contributed by atoms with Crippen LogP contribution in [0.1, 0.15) is 62.6 Å². The van der Waals surface area contributed by atoms with Gasteiger partial charge < -0.3 is 14.6 Å². The van der Waals surface area contributed by atoms with E-state index in [1.807, 2.05) is 18.2 Å². The second-order valence-corrected chi connectivity index (χ2v) is 10.7. The van der Waals surface area contributed by atoms with Crippen molar-refractivity contribution in [3.63, 3.8) is 0 Å². The minimum Gasteiger partial charge on any atom is -0.497 e. The van der Waals surface area contributed by atoms with Crippen molar-refractivity contribution in [2.75, 3.05) is 7.11 Å². The van der Waals surface area contributed by atoms with Crippen LogP contribution in [0, 0.1) is 17.2 Å². The SMILES string of the molecule is COc1ccc(F)c(-c2ncc(COc3cc(C(CC(=O)O)C4CC4)ccn3)cc2CC(C)(C)C)c1. The third kappa shape index (κ3) is 6.59. The van der Waals surface area contributed by atoms with Crippen LogP contribution in [0.5, 0.6) is 11.6 Å². The third-order valence-electron chi connectivity index (χ3n) is 6.33. The first-order valence-electron chi connectivity index (χ1n) is 12.2. The fourth-order valence-electron chi connectivity index (χ4n) is 4.54. The first-order chi connectivity index (χ1) is 17.1. The van der Waals surface area contributed by atoms with Gasteiger partial charge in [-0.25, -0.2) is 9.37 Å². The average molecular weight is 493 g/mol. The lowest BCUT2D eigenvalue weighted by Crippen LogP contribution is -2.12. The van der Waals surface area contributed by atoms with Crippen LogP contribution in [0.4, 0.5) is 4.39 Å². The molecule has 0 bridgehead atoms. The van der Waals surface area contributed by atoms with E-state index in [-0.39, 0.29) is 30.2 Å².